The van der Waals surface area contributed by atoms with Crippen molar-refractivity contribution in [3.63, 3.8) is 0 Å². The standard InChI is InChI=1S/C22H26F4N4/c23-19-20(27-12-15-4-2-1-3-5-15)28-14-29-21(19)30(18-10-11-18)13-16-6-8-17(9-7-16)22(24,25)26/h6-9,14-15,18H,1-5,10-13H2,(H,27,28,29). The molecule has 2 aliphatic rings. The number of aromatic nitrogens is 2. The van der Waals surface area contributed by atoms with Crippen LogP contribution in [0.3, 0.4) is 0 Å². The quantitative estimate of drug-likeness (QED) is 0.573. The second-order valence-electron chi connectivity index (χ2n) is 8.30. The highest BCUT2D eigenvalue weighted by atomic mass is 19.4. The van der Waals surface area contributed by atoms with Crippen LogP contribution in [0.15, 0.2) is 30.6 Å². The molecule has 0 atom stereocenters. The summed E-state index contributed by atoms with van der Waals surface area (Å²) in [7, 11) is 0. The fourth-order valence-electron chi connectivity index (χ4n) is 4.08. The van der Waals surface area contributed by atoms with Crippen molar-refractivity contribution in [2.45, 2.75) is 63.7 Å². The van der Waals surface area contributed by atoms with Gasteiger partial charge in [-0.15, -0.1) is 0 Å². The van der Waals surface area contributed by atoms with Gasteiger partial charge in [-0.25, -0.2) is 9.97 Å². The lowest BCUT2D eigenvalue weighted by Crippen LogP contribution is -2.28. The predicted octanol–water partition coefficient (Wildman–Crippen LogP) is 5.80. The van der Waals surface area contributed by atoms with Gasteiger partial charge in [-0.2, -0.15) is 17.6 Å². The molecule has 1 aromatic carbocycles. The van der Waals surface area contributed by atoms with Gasteiger partial charge in [-0.05, 0) is 49.3 Å². The summed E-state index contributed by atoms with van der Waals surface area (Å²) in [4.78, 5) is 10.1. The third-order valence-electron chi connectivity index (χ3n) is 5.95. The van der Waals surface area contributed by atoms with E-state index in [1.54, 1.807) is 0 Å². The van der Waals surface area contributed by atoms with E-state index in [9.17, 15) is 13.2 Å². The highest BCUT2D eigenvalue weighted by Gasteiger charge is 2.33. The molecule has 4 rings (SSSR count). The maximum atomic E-state index is 15.2. The number of hydrogen-bond acceptors (Lipinski definition) is 4. The Morgan fingerprint density at radius 1 is 0.967 bits per heavy atom. The SMILES string of the molecule is Fc1c(NCC2CCCCC2)ncnc1N(Cc1ccc(C(F)(F)F)cc1)C1CC1. The van der Waals surface area contributed by atoms with Gasteiger partial charge >= 0.3 is 6.18 Å². The summed E-state index contributed by atoms with van der Waals surface area (Å²) in [5, 5.41) is 3.15. The van der Waals surface area contributed by atoms with Gasteiger partial charge in [0, 0.05) is 19.1 Å². The lowest BCUT2D eigenvalue weighted by molar-refractivity contribution is -0.137. The monoisotopic (exact) mass is 422 g/mol. The third-order valence-corrected chi connectivity index (χ3v) is 5.95. The number of halogens is 4. The Labute approximate surface area is 173 Å². The number of hydrogen-bond donors (Lipinski definition) is 1. The van der Waals surface area contributed by atoms with Gasteiger partial charge in [0.25, 0.3) is 0 Å². The lowest BCUT2D eigenvalue weighted by Gasteiger charge is -2.25. The first kappa shape index (κ1) is 20.9. The van der Waals surface area contributed by atoms with Crippen LogP contribution >= 0.6 is 0 Å². The van der Waals surface area contributed by atoms with Gasteiger partial charge in [0.05, 0.1) is 5.56 Å². The van der Waals surface area contributed by atoms with Crippen molar-refractivity contribution in [2.24, 2.45) is 5.92 Å². The van der Waals surface area contributed by atoms with E-state index in [2.05, 4.69) is 15.3 Å². The van der Waals surface area contributed by atoms with Crippen molar-refractivity contribution in [1.82, 2.24) is 9.97 Å². The summed E-state index contributed by atoms with van der Waals surface area (Å²) in [6.07, 6.45) is 4.80. The van der Waals surface area contributed by atoms with E-state index < -0.39 is 17.6 Å². The summed E-state index contributed by atoms with van der Waals surface area (Å²) in [5.41, 5.74) is -0.00346. The van der Waals surface area contributed by atoms with Gasteiger partial charge < -0.3 is 10.2 Å². The maximum Gasteiger partial charge on any atom is 0.416 e. The van der Waals surface area contributed by atoms with Gasteiger partial charge in [-0.1, -0.05) is 31.4 Å². The molecule has 30 heavy (non-hydrogen) atoms. The van der Waals surface area contributed by atoms with E-state index >= 15 is 4.39 Å². The van der Waals surface area contributed by atoms with Crippen molar-refractivity contribution in [3.8, 4) is 0 Å². The molecule has 0 spiro atoms. The number of rotatable bonds is 7. The number of nitrogens with zero attached hydrogens (tertiary/aromatic N) is 3. The third kappa shape index (κ3) is 5.02. The first-order chi connectivity index (χ1) is 14.4. The molecule has 2 saturated carbocycles. The summed E-state index contributed by atoms with van der Waals surface area (Å²) in [6.45, 7) is 0.995. The highest BCUT2D eigenvalue weighted by Crippen LogP contribution is 2.35. The Bertz CT molecular complexity index is 843. The smallest absolute Gasteiger partial charge is 0.367 e. The number of alkyl halides is 3. The lowest BCUT2D eigenvalue weighted by atomic mass is 9.89. The van der Waals surface area contributed by atoms with Crippen molar-refractivity contribution in [3.05, 3.63) is 47.5 Å². The van der Waals surface area contributed by atoms with Crippen LogP contribution in [0.2, 0.25) is 0 Å². The number of anilines is 2. The van der Waals surface area contributed by atoms with Crippen LogP contribution in [0.4, 0.5) is 29.2 Å². The average molecular weight is 422 g/mol. The Balaban J connectivity index is 1.48. The summed E-state index contributed by atoms with van der Waals surface area (Å²) < 4.78 is 53.6. The van der Waals surface area contributed by atoms with E-state index in [0.717, 1.165) is 37.8 Å². The second-order valence-corrected chi connectivity index (χ2v) is 8.30. The maximum absolute atomic E-state index is 15.2. The van der Waals surface area contributed by atoms with Crippen LogP contribution in [0.1, 0.15) is 56.1 Å². The average Bonchev–Trinajstić information content (AvgIpc) is 3.57. The van der Waals surface area contributed by atoms with Crippen molar-refractivity contribution >= 4 is 11.6 Å². The van der Waals surface area contributed by atoms with E-state index in [0.29, 0.717) is 24.6 Å². The zero-order chi connectivity index (χ0) is 21.1. The van der Waals surface area contributed by atoms with Gasteiger partial charge in [0.2, 0.25) is 5.82 Å². The molecule has 1 aromatic heterocycles. The predicted molar refractivity (Wildman–Crippen MR) is 108 cm³/mol. The fraction of sp³-hybridized carbons (Fsp3) is 0.545. The molecule has 162 valence electrons. The molecule has 0 bridgehead atoms. The van der Waals surface area contributed by atoms with Crippen LogP contribution in [-0.2, 0) is 12.7 Å². The summed E-state index contributed by atoms with van der Waals surface area (Å²) in [5.74, 6) is 0.442. The molecular weight excluding hydrogens is 396 g/mol. The van der Waals surface area contributed by atoms with Crippen molar-refractivity contribution < 1.29 is 17.6 Å². The number of benzene rings is 1. The minimum Gasteiger partial charge on any atom is -0.367 e. The Kier molecular flexibility index (Phi) is 6.11. The van der Waals surface area contributed by atoms with Gasteiger partial charge in [0.15, 0.2) is 11.6 Å². The molecule has 2 aromatic rings. The van der Waals surface area contributed by atoms with Crippen LogP contribution in [0.5, 0.6) is 0 Å². The van der Waals surface area contributed by atoms with Crippen LogP contribution in [0, 0.1) is 11.7 Å². The Morgan fingerprint density at radius 3 is 2.30 bits per heavy atom. The van der Waals surface area contributed by atoms with Crippen LogP contribution in [0.25, 0.3) is 0 Å². The molecule has 8 heteroatoms. The summed E-state index contributed by atoms with van der Waals surface area (Å²) >= 11 is 0. The Morgan fingerprint density at radius 2 is 1.67 bits per heavy atom. The molecule has 1 heterocycles. The molecule has 4 nitrogen and oxygen atoms in total. The number of nitrogens with one attached hydrogen (secondary N) is 1. The largest absolute Gasteiger partial charge is 0.416 e. The molecule has 0 saturated heterocycles. The highest BCUT2D eigenvalue weighted by molar-refractivity contribution is 5.52. The van der Waals surface area contributed by atoms with Crippen LogP contribution in [-0.4, -0.2) is 22.6 Å². The molecule has 2 aliphatic carbocycles. The second kappa shape index (κ2) is 8.78. The van der Waals surface area contributed by atoms with Crippen LogP contribution < -0.4 is 10.2 Å². The Hall–Kier alpha value is -2.38. The first-order valence-electron chi connectivity index (χ1n) is 10.6. The van der Waals surface area contributed by atoms with E-state index in [4.69, 9.17) is 0 Å². The topological polar surface area (TPSA) is 41.1 Å². The zero-order valence-corrected chi connectivity index (χ0v) is 16.8. The van der Waals surface area contributed by atoms with Crippen molar-refractivity contribution in [2.75, 3.05) is 16.8 Å². The normalized spacial score (nSPS) is 17.7. The van der Waals surface area contributed by atoms with Gasteiger partial charge in [0.1, 0.15) is 6.33 Å². The molecular formula is C22H26F4N4. The molecule has 1 N–H and O–H groups in total. The molecule has 0 radical (unpaired) electrons. The zero-order valence-electron chi connectivity index (χ0n) is 16.8. The van der Waals surface area contributed by atoms with E-state index in [1.165, 1.54) is 37.7 Å². The minimum atomic E-state index is -4.37. The fourth-order valence-corrected chi connectivity index (χ4v) is 4.08. The first-order valence-corrected chi connectivity index (χ1v) is 10.6. The van der Waals surface area contributed by atoms with E-state index in [-0.39, 0.29) is 17.7 Å². The minimum absolute atomic E-state index is 0.142. The van der Waals surface area contributed by atoms with Gasteiger partial charge in [-0.3, -0.25) is 0 Å². The van der Waals surface area contributed by atoms with E-state index in [1.807, 2.05) is 4.90 Å². The molecule has 0 amide bonds. The summed E-state index contributed by atoms with van der Waals surface area (Å²) in [6, 6.07) is 5.16. The van der Waals surface area contributed by atoms with Crippen molar-refractivity contribution in [1.29, 1.82) is 0 Å². The molecule has 2 fully saturated rings. The molecule has 0 unspecified atom stereocenters. The molecule has 0 aliphatic heterocycles.